The monoisotopic (exact) mass is 398 g/mol. The maximum Gasteiger partial charge on any atom is 0.209 e. The van der Waals surface area contributed by atoms with E-state index in [1.807, 2.05) is 32.9 Å². The van der Waals surface area contributed by atoms with Crippen LogP contribution in [0.15, 0.2) is 43.0 Å². The Kier molecular flexibility index (Phi) is 10.2. The number of anilines is 1. The zero-order valence-corrected chi connectivity index (χ0v) is 17.7. The van der Waals surface area contributed by atoms with Crippen molar-refractivity contribution < 1.29 is 9.90 Å². The van der Waals surface area contributed by atoms with Crippen LogP contribution in [0.3, 0.4) is 0 Å². The number of aromatic nitrogens is 1. The molecule has 6 N–H and O–H groups in total. The van der Waals surface area contributed by atoms with Gasteiger partial charge in [-0.25, -0.2) is 0 Å². The summed E-state index contributed by atoms with van der Waals surface area (Å²) in [5, 5.41) is 9.89. The predicted octanol–water partition coefficient (Wildman–Crippen LogP) is 4.31. The average molecular weight is 399 g/mol. The number of amides is 1. The third-order valence-electron chi connectivity index (χ3n) is 4.55. The SMILES string of the molecule is C=CC.CC.N/C(=C\c1cc(C2CCN(C=O)CC2)[nH]c1N)c1ccccc1O. The van der Waals surface area contributed by atoms with Gasteiger partial charge in [-0.2, -0.15) is 0 Å². The Hall–Kier alpha value is -3.15. The zero-order chi connectivity index (χ0) is 21.8. The average Bonchev–Trinajstić information content (AvgIpc) is 3.10. The number of aromatic amines is 1. The summed E-state index contributed by atoms with van der Waals surface area (Å²) in [7, 11) is 0. The number of likely N-dealkylation sites (tertiary alicyclic amines) is 1. The van der Waals surface area contributed by atoms with E-state index in [1.54, 1.807) is 35.3 Å². The molecule has 0 unspecified atom stereocenters. The van der Waals surface area contributed by atoms with Crippen molar-refractivity contribution in [2.75, 3.05) is 18.8 Å². The van der Waals surface area contributed by atoms with Gasteiger partial charge in [-0.1, -0.05) is 32.1 Å². The van der Waals surface area contributed by atoms with Gasteiger partial charge in [0, 0.05) is 41.5 Å². The zero-order valence-electron chi connectivity index (χ0n) is 17.7. The first-order chi connectivity index (χ1) is 14.0. The van der Waals surface area contributed by atoms with Gasteiger partial charge < -0.3 is 26.5 Å². The number of nitrogens with two attached hydrogens (primary N) is 2. The van der Waals surface area contributed by atoms with Gasteiger partial charge in [0.05, 0.1) is 0 Å². The van der Waals surface area contributed by atoms with Crippen molar-refractivity contribution >= 4 is 24.0 Å². The minimum absolute atomic E-state index is 0.141. The van der Waals surface area contributed by atoms with Crippen LogP contribution in [0, 0.1) is 0 Å². The number of benzene rings is 1. The number of phenolic OH excluding ortho intramolecular Hbond substituents is 1. The molecule has 1 fully saturated rings. The highest BCUT2D eigenvalue weighted by atomic mass is 16.3. The predicted molar refractivity (Wildman–Crippen MR) is 122 cm³/mol. The van der Waals surface area contributed by atoms with Crippen molar-refractivity contribution in [2.45, 2.75) is 39.5 Å². The van der Waals surface area contributed by atoms with Crippen molar-refractivity contribution in [3.05, 3.63) is 59.8 Å². The van der Waals surface area contributed by atoms with Gasteiger partial charge in [-0.05, 0) is 44.0 Å². The number of carbonyl (C=O) groups excluding carboxylic acids is 1. The second-order valence-corrected chi connectivity index (χ2v) is 6.53. The third-order valence-corrected chi connectivity index (χ3v) is 4.55. The number of piperidine rings is 1. The molecule has 1 aliphatic heterocycles. The van der Waals surface area contributed by atoms with Gasteiger partial charge in [0.2, 0.25) is 6.41 Å². The number of para-hydroxylation sites is 1. The Bertz CT molecular complexity index is 803. The van der Waals surface area contributed by atoms with Crippen LogP contribution in [-0.4, -0.2) is 34.5 Å². The van der Waals surface area contributed by atoms with E-state index in [1.165, 1.54) is 0 Å². The maximum absolute atomic E-state index is 10.8. The number of nitrogens with zero attached hydrogens (tertiary/aromatic N) is 1. The molecule has 1 aromatic heterocycles. The molecule has 0 atom stereocenters. The first-order valence-electron chi connectivity index (χ1n) is 10.0. The van der Waals surface area contributed by atoms with Crippen LogP contribution in [-0.2, 0) is 4.79 Å². The highest BCUT2D eigenvalue weighted by molar-refractivity contribution is 5.84. The molecule has 29 heavy (non-hydrogen) atoms. The lowest BCUT2D eigenvalue weighted by atomic mass is 9.93. The largest absolute Gasteiger partial charge is 0.507 e. The van der Waals surface area contributed by atoms with Crippen LogP contribution in [0.1, 0.15) is 56.4 Å². The van der Waals surface area contributed by atoms with Gasteiger partial charge >= 0.3 is 0 Å². The summed E-state index contributed by atoms with van der Waals surface area (Å²) in [6.07, 6.45) is 6.25. The van der Waals surface area contributed by atoms with Gasteiger partial charge in [-0.15, -0.1) is 6.58 Å². The van der Waals surface area contributed by atoms with Crippen LogP contribution in [0.4, 0.5) is 5.82 Å². The van der Waals surface area contributed by atoms with Crippen LogP contribution < -0.4 is 11.5 Å². The van der Waals surface area contributed by atoms with Crippen molar-refractivity contribution in [3.63, 3.8) is 0 Å². The number of phenols is 1. The number of H-pyrrole nitrogens is 1. The molecule has 2 heterocycles. The molecule has 3 rings (SSSR count). The number of hydrogen-bond donors (Lipinski definition) is 4. The molecule has 0 spiro atoms. The van der Waals surface area contributed by atoms with Crippen molar-refractivity contribution in [1.29, 1.82) is 0 Å². The Morgan fingerprint density at radius 1 is 1.28 bits per heavy atom. The van der Waals surface area contributed by atoms with Gasteiger partial charge in [0.25, 0.3) is 0 Å². The number of nitrogens with one attached hydrogen (secondary N) is 1. The Labute approximate surface area is 173 Å². The molecule has 1 amide bonds. The molecule has 1 saturated heterocycles. The molecule has 1 aliphatic rings. The van der Waals surface area contributed by atoms with E-state index in [0.717, 1.165) is 43.6 Å². The summed E-state index contributed by atoms with van der Waals surface area (Å²) in [6, 6.07) is 8.94. The van der Waals surface area contributed by atoms with E-state index >= 15 is 0 Å². The van der Waals surface area contributed by atoms with Crippen LogP contribution in [0.2, 0.25) is 0 Å². The number of allylic oxidation sites excluding steroid dienone is 1. The Balaban J connectivity index is 0.000000771. The normalized spacial score (nSPS) is 14.2. The molecular formula is C23H34N4O2. The second-order valence-electron chi connectivity index (χ2n) is 6.53. The lowest BCUT2D eigenvalue weighted by Crippen LogP contribution is -2.31. The standard InChI is InChI=1S/C18H22N4O2.C3H6.C2H6/c19-15(14-3-1-2-4-17(14)24)9-13-10-16(21-18(13)20)12-5-7-22(11-23)8-6-12;1-3-2;1-2/h1-4,9-12,21,24H,5-8,19-20H2;3H,1H2,2H3;1-2H3/b15-9-;;. The lowest BCUT2D eigenvalue weighted by molar-refractivity contribution is -0.119. The summed E-state index contributed by atoms with van der Waals surface area (Å²) in [5.41, 5.74) is 15.1. The minimum Gasteiger partial charge on any atom is -0.507 e. The second kappa shape index (κ2) is 12.3. The molecule has 0 bridgehead atoms. The molecule has 6 heteroatoms. The van der Waals surface area contributed by atoms with E-state index in [4.69, 9.17) is 11.5 Å². The molecule has 1 aromatic carbocycles. The smallest absolute Gasteiger partial charge is 0.209 e. The molecule has 0 aliphatic carbocycles. The number of aromatic hydroxyl groups is 1. The highest BCUT2D eigenvalue weighted by Gasteiger charge is 2.21. The summed E-state index contributed by atoms with van der Waals surface area (Å²) in [6.45, 7) is 10.8. The van der Waals surface area contributed by atoms with E-state index in [-0.39, 0.29) is 5.75 Å². The number of nitrogen functional groups attached to an aromatic ring is 1. The van der Waals surface area contributed by atoms with Crippen molar-refractivity contribution in [1.82, 2.24) is 9.88 Å². The first kappa shape index (κ1) is 23.9. The van der Waals surface area contributed by atoms with E-state index < -0.39 is 0 Å². The molecule has 6 nitrogen and oxygen atoms in total. The van der Waals surface area contributed by atoms with Crippen LogP contribution in [0.5, 0.6) is 5.75 Å². The highest BCUT2D eigenvalue weighted by Crippen LogP contribution is 2.31. The Morgan fingerprint density at radius 2 is 1.86 bits per heavy atom. The van der Waals surface area contributed by atoms with Crippen LogP contribution >= 0.6 is 0 Å². The molecule has 158 valence electrons. The van der Waals surface area contributed by atoms with Crippen LogP contribution in [0.25, 0.3) is 11.8 Å². The summed E-state index contributed by atoms with van der Waals surface area (Å²) in [4.78, 5) is 15.8. The van der Waals surface area contributed by atoms with Gasteiger partial charge in [0.15, 0.2) is 0 Å². The minimum atomic E-state index is 0.141. The van der Waals surface area contributed by atoms with Crippen molar-refractivity contribution in [3.8, 4) is 5.75 Å². The summed E-state index contributed by atoms with van der Waals surface area (Å²) in [5.74, 6) is 1.06. The van der Waals surface area contributed by atoms with E-state index in [0.29, 0.717) is 23.0 Å². The first-order valence-corrected chi connectivity index (χ1v) is 10.0. The molecule has 2 aromatic rings. The fourth-order valence-electron chi connectivity index (χ4n) is 3.13. The topological polar surface area (TPSA) is 108 Å². The quantitative estimate of drug-likeness (QED) is 0.454. The lowest BCUT2D eigenvalue weighted by Gasteiger charge is -2.28. The number of hydrogen-bond acceptors (Lipinski definition) is 4. The molecule has 0 saturated carbocycles. The number of carbonyl (C=O) groups is 1. The maximum atomic E-state index is 10.8. The fourth-order valence-corrected chi connectivity index (χ4v) is 3.13. The number of rotatable bonds is 4. The molecule has 0 radical (unpaired) electrons. The summed E-state index contributed by atoms with van der Waals surface area (Å²) < 4.78 is 0. The van der Waals surface area contributed by atoms with Crippen molar-refractivity contribution in [2.24, 2.45) is 5.73 Å². The van der Waals surface area contributed by atoms with E-state index in [2.05, 4.69) is 11.6 Å². The Morgan fingerprint density at radius 3 is 2.41 bits per heavy atom. The van der Waals surface area contributed by atoms with Gasteiger partial charge in [0.1, 0.15) is 11.6 Å². The fraction of sp³-hybridized carbons (Fsp3) is 0.348. The van der Waals surface area contributed by atoms with E-state index in [9.17, 15) is 9.90 Å². The third kappa shape index (κ3) is 6.75. The molecular weight excluding hydrogens is 364 g/mol. The van der Waals surface area contributed by atoms with Gasteiger partial charge in [-0.3, -0.25) is 4.79 Å². The summed E-state index contributed by atoms with van der Waals surface area (Å²) >= 11 is 0.